The first-order chi connectivity index (χ1) is 11.4. The summed E-state index contributed by atoms with van der Waals surface area (Å²) in [5.74, 6) is 3.21. The fraction of sp³-hybridized carbons (Fsp3) is 0.294. The molecular weight excluding hydrogens is 298 g/mol. The molecule has 0 N–H and O–H groups in total. The largest absolute Gasteiger partial charge is 0.454 e. The van der Waals surface area contributed by atoms with Crippen molar-refractivity contribution < 1.29 is 23.8 Å². The second-order valence-electron chi connectivity index (χ2n) is 5.65. The Morgan fingerprint density at radius 3 is 2.35 bits per heavy atom. The van der Waals surface area contributed by atoms with Gasteiger partial charge < -0.3 is 18.9 Å². The quantitative estimate of drug-likeness (QED) is 0.809. The Labute approximate surface area is 133 Å². The average Bonchev–Trinajstić information content (AvgIpc) is 2.98. The Morgan fingerprint density at radius 1 is 0.826 bits per heavy atom. The van der Waals surface area contributed by atoms with Crippen LogP contribution in [0.1, 0.15) is 17.4 Å². The van der Waals surface area contributed by atoms with Gasteiger partial charge >= 0.3 is 0 Å². The Morgan fingerprint density at radius 2 is 1.52 bits per heavy atom. The number of nitrogens with zero attached hydrogens (tertiary/aromatic N) is 1. The Hall–Kier alpha value is -2.44. The minimum absolute atomic E-state index is 0.00138. The first kappa shape index (κ1) is 13.0. The zero-order valence-corrected chi connectivity index (χ0v) is 12.4. The minimum atomic E-state index is -0.00138. The Balaban J connectivity index is 1.22. The molecule has 0 radical (unpaired) electrons. The van der Waals surface area contributed by atoms with Crippen molar-refractivity contribution in [3.05, 3.63) is 47.5 Å². The van der Waals surface area contributed by atoms with Gasteiger partial charge in [-0.25, -0.2) is 0 Å². The van der Waals surface area contributed by atoms with Crippen molar-refractivity contribution in [1.82, 2.24) is 5.06 Å². The monoisotopic (exact) mass is 313 g/mol. The third kappa shape index (κ3) is 2.36. The highest BCUT2D eigenvalue weighted by molar-refractivity contribution is 5.46. The van der Waals surface area contributed by atoms with E-state index in [0.717, 1.165) is 41.5 Å². The maximum Gasteiger partial charge on any atom is 0.231 e. The maximum atomic E-state index is 5.66. The van der Waals surface area contributed by atoms with E-state index in [0.29, 0.717) is 6.79 Å². The molecule has 2 aromatic carbocycles. The van der Waals surface area contributed by atoms with Crippen molar-refractivity contribution in [1.29, 1.82) is 0 Å². The van der Waals surface area contributed by atoms with Crippen LogP contribution in [-0.2, 0) is 11.3 Å². The second kappa shape index (κ2) is 5.04. The summed E-state index contributed by atoms with van der Waals surface area (Å²) < 4.78 is 21.5. The van der Waals surface area contributed by atoms with Crippen molar-refractivity contribution >= 4 is 0 Å². The molecule has 3 heterocycles. The summed E-state index contributed by atoms with van der Waals surface area (Å²) in [6.45, 7) is 1.41. The van der Waals surface area contributed by atoms with Crippen LogP contribution in [0.15, 0.2) is 36.4 Å². The smallest absolute Gasteiger partial charge is 0.231 e. The van der Waals surface area contributed by atoms with E-state index in [1.54, 1.807) is 0 Å². The van der Waals surface area contributed by atoms with Crippen LogP contribution in [0.5, 0.6) is 23.0 Å². The first-order valence-electron chi connectivity index (χ1n) is 7.58. The van der Waals surface area contributed by atoms with E-state index < -0.39 is 0 Å². The van der Waals surface area contributed by atoms with Gasteiger partial charge in [0.05, 0.1) is 0 Å². The summed E-state index contributed by atoms with van der Waals surface area (Å²) in [6, 6.07) is 12.0. The Kier molecular flexibility index (Phi) is 2.86. The van der Waals surface area contributed by atoms with Crippen LogP contribution < -0.4 is 18.9 Å². The van der Waals surface area contributed by atoms with Gasteiger partial charge in [0.15, 0.2) is 29.2 Å². The highest BCUT2D eigenvalue weighted by Crippen LogP contribution is 2.42. The molecule has 2 aromatic rings. The normalized spacial score (nSPS) is 23.1. The van der Waals surface area contributed by atoms with Gasteiger partial charge in [-0.15, -0.1) is 0 Å². The van der Waals surface area contributed by atoms with Gasteiger partial charge in [-0.3, -0.25) is 4.84 Å². The molecule has 1 saturated heterocycles. The van der Waals surface area contributed by atoms with Crippen LogP contribution in [0.3, 0.4) is 0 Å². The summed E-state index contributed by atoms with van der Waals surface area (Å²) in [4.78, 5) is 5.66. The summed E-state index contributed by atoms with van der Waals surface area (Å²) >= 11 is 0. The number of rotatable bonds is 4. The fourth-order valence-electron chi connectivity index (χ4n) is 2.90. The molecule has 23 heavy (non-hydrogen) atoms. The molecule has 0 bridgehead atoms. The van der Waals surface area contributed by atoms with Crippen LogP contribution in [-0.4, -0.2) is 25.2 Å². The summed E-state index contributed by atoms with van der Waals surface area (Å²) in [5.41, 5.74) is 2.29. The van der Waals surface area contributed by atoms with Crippen LogP contribution >= 0.6 is 0 Å². The molecule has 3 aliphatic heterocycles. The van der Waals surface area contributed by atoms with Crippen LogP contribution in [0, 0.1) is 0 Å². The molecule has 118 valence electrons. The lowest BCUT2D eigenvalue weighted by Gasteiger charge is -2.03. The minimum Gasteiger partial charge on any atom is -0.454 e. The molecule has 6 heteroatoms. The lowest BCUT2D eigenvalue weighted by atomic mass is 10.1. The van der Waals surface area contributed by atoms with Crippen molar-refractivity contribution in [3.63, 3.8) is 0 Å². The highest BCUT2D eigenvalue weighted by atomic mass is 16.8. The zero-order valence-electron chi connectivity index (χ0n) is 12.4. The van der Waals surface area contributed by atoms with Crippen molar-refractivity contribution in [2.75, 3.05) is 20.1 Å². The third-order valence-corrected chi connectivity index (χ3v) is 4.19. The van der Waals surface area contributed by atoms with E-state index in [9.17, 15) is 0 Å². The maximum absolute atomic E-state index is 5.66. The van der Waals surface area contributed by atoms with E-state index in [4.69, 9.17) is 23.8 Å². The molecule has 1 fully saturated rings. The van der Waals surface area contributed by atoms with Crippen molar-refractivity contribution in [2.24, 2.45) is 0 Å². The van der Waals surface area contributed by atoms with E-state index >= 15 is 0 Å². The second-order valence-corrected chi connectivity index (χ2v) is 5.65. The molecule has 5 rings (SSSR count). The zero-order chi connectivity index (χ0) is 15.2. The summed E-state index contributed by atoms with van der Waals surface area (Å²) in [7, 11) is 0. The number of fused-ring (bicyclic) bond motifs is 2. The fourth-order valence-corrected chi connectivity index (χ4v) is 2.90. The van der Waals surface area contributed by atoms with Crippen LogP contribution in [0.25, 0.3) is 0 Å². The molecule has 3 aliphatic rings. The summed E-state index contributed by atoms with van der Waals surface area (Å²) in [5, 5.41) is 1.96. The van der Waals surface area contributed by atoms with Crippen LogP contribution in [0.4, 0.5) is 0 Å². The SMILES string of the molecule is c1cc2c(cc1CCN1O[C@@H]1c1ccc3c(c1)OCO3)OCO2. The molecule has 1 unspecified atom stereocenters. The predicted octanol–water partition coefficient (Wildman–Crippen LogP) is 2.63. The number of hydrogen-bond donors (Lipinski definition) is 0. The molecule has 0 saturated carbocycles. The lowest BCUT2D eigenvalue weighted by Crippen LogP contribution is -2.04. The average molecular weight is 313 g/mol. The van der Waals surface area contributed by atoms with E-state index in [1.165, 1.54) is 5.56 Å². The summed E-state index contributed by atoms with van der Waals surface area (Å²) in [6.07, 6.45) is 0.885. The number of hydroxylamine groups is 2. The lowest BCUT2D eigenvalue weighted by molar-refractivity contribution is 0.173. The molecule has 0 aromatic heterocycles. The molecule has 0 aliphatic carbocycles. The van der Waals surface area contributed by atoms with Gasteiger partial charge in [-0.2, -0.15) is 5.06 Å². The third-order valence-electron chi connectivity index (χ3n) is 4.19. The molecule has 0 spiro atoms. The number of hydrogen-bond acceptors (Lipinski definition) is 6. The number of benzene rings is 2. The van der Waals surface area contributed by atoms with Crippen molar-refractivity contribution in [2.45, 2.75) is 12.6 Å². The number of ether oxygens (including phenoxy) is 4. The van der Waals surface area contributed by atoms with E-state index in [1.807, 2.05) is 35.4 Å². The molecular formula is C17H15NO5. The molecule has 0 amide bonds. The first-order valence-corrected chi connectivity index (χ1v) is 7.58. The van der Waals surface area contributed by atoms with Gasteiger partial charge in [-0.05, 0) is 36.2 Å². The van der Waals surface area contributed by atoms with E-state index in [-0.39, 0.29) is 13.0 Å². The topological polar surface area (TPSA) is 52.5 Å². The highest BCUT2D eigenvalue weighted by Gasteiger charge is 2.38. The molecule has 6 nitrogen and oxygen atoms in total. The standard InChI is InChI=1S/C17H15NO5/c1-3-13-15(21-9-19-13)7-11(1)5-6-18-17(23-18)12-2-4-14-16(8-12)22-10-20-14/h1-4,7-8,17H,5-6,9-10H2/t17-,18?/m1/s1. The van der Waals surface area contributed by atoms with E-state index in [2.05, 4.69) is 6.07 Å². The van der Waals surface area contributed by atoms with Gasteiger partial charge in [-0.1, -0.05) is 12.1 Å². The van der Waals surface area contributed by atoms with Crippen LogP contribution in [0.2, 0.25) is 0 Å². The molecule has 2 atom stereocenters. The van der Waals surface area contributed by atoms with Gasteiger partial charge in [0.2, 0.25) is 13.6 Å². The van der Waals surface area contributed by atoms with Gasteiger partial charge in [0.25, 0.3) is 0 Å². The van der Waals surface area contributed by atoms with Gasteiger partial charge in [0, 0.05) is 12.1 Å². The Bertz CT molecular complexity index is 763. The van der Waals surface area contributed by atoms with Gasteiger partial charge in [0.1, 0.15) is 0 Å². The van der Waals surface area contributed by atoms with Crippen molar-refractivity contribution in [3.8, 4) is 23.0 Å². The predicted molar refractivity (Wildman–Crippen MR) is 79.4 cm³/mol.